The number of rotatable bonds is 6. The van der Waals surface area contributed by atoms with Crippen molar-refractivity contribution in [1.29, 1.82) is 0 Å². The van der Waals surface area contributed by atoms with E-state index in [1.807, 2.05) is 43.3 Å². The van der Waals surface area contributed by atoms with E-state index in [0.29, 0.717) is 12.2 Å². The summed E-state index contributed by atoms with van der Waals surface area (Å²) in [6.07, 6.45) is 0. The molecule has 0 aromatic heterocycles. The Kier molecular flexibility index (Phi) is 6.84. The molecule has 6 heteroatoms. The van der Waals surface area contributed by atoms with Crippen LogP contribution in [0.4, 0.5) is 0 Å². The molecule has 0 atom stereocenters. The molecule has 126 valence electrons. The predicted molar refractivity (Wildman–Crippen MR) is 94.7 cm³/mol. The lowest BCUT2D eigenvalue weighted by molar-refractivity contribution is -0.119. The van der Waals surface area contributed by atoms with Gasteiger partial charge in [-0.25, -0.2) is 0 Å². The van der Waals surface area contributed by atoms with Gasteiger partial charge in [0.25, 0.3) is 5.91 Å². The summed E-state index contributed by atoms with van der Waals surface area (Å²) in [5, 5.41) is 0. The predicted octanol–water partition coefficient (Wildman–Crippen LogP) is 2.69. The highest BCUT2D eigenvalue weighted by molar-refractivity contribution is 8.00. The molecule has 2 amide bonds. The summed E-state index contributed by atoms with van der Waals surface area (Å²) < 4.78 is 5.02. The van der Waals surface area contributed by atoms with Gasteiger partial charge < -0.3 is 4.74 Å². The standard InChI is InChI=1S/C18H20N2O3S/c1-13-3-9-16(10-4-13)24-12-17(21)19-20-18(22)15-7-5-14(6-8-15)11-23-2/h3-10H,11-12H2,1-2H3,(H,19,21)(H,20,22). The van der Waals surface area contributed by atoms with Gasteiger partial charge in [0.15, 0.2) is 0 Å². The minimum atomic E-state index is -0.354. The molecule has 24 heavy (non-hydrogen) atoms. The molecule has 0 bridgehead atoms. The Morgan fingerprint density at radius 2 is 1.67 bits per heavy atom. The van der Waals surface area contributed by atoms with Crippen LogP contribution in [0.5, 0.6) is 0 Å². The summed E-state index contributed by atoms with van der Waals surface area (Å²) in [6.45, 7) is 2.51. The van der Waals surface area contributed by atoms with Gasteiger partial charge in [-0.2, -0.15) is 0 Å². The lowest BCUT2D eigenvalue weighted by atomic mass is 10.1. The number of carbonyl (C=O) groups excluding carboxylic acids is 2. The Balaban J connectivity index is 1.76. The van der Waals surface area contributed by atoms with Crippen LogP contribution in [-0.4, -0.2) is 24.7 Å². The van der Waals surface area contributed by atoms with Crippen molar-refractivity contribution in [2.24, 2.45) is 0 Å². The number of nitrogens with one attached hydrogen (secondary N) is 2. The minimum Gasteiger partial charge on any atom is -0.380 e. The summed E-state index contributed by atoms with van der Waals surface area (Å²) in [7, 11) is 1.62. The number of hydrogen-bond donors (Lipinski definition) is 2. The number of methoxy groups -OCH3 is 1. The number of aryl methyl sites for hydroxylation is 1. The lowest BCUT2D eigenvalue weighted by Gasteiger charge is -2.08. The van der Waals surface area contributed by atoms with E-state index >= 15 is 0 Å². The normalized spacial score (nSPS) is 10.2. The van der Waals surface area contributed by atoms with E-state index in [1.165, 1.54) is 17.3 Å². The van der Waals surface area contributed by atoms with Crippen LogP contribution in [0.25, 0.3) is 0 Å². The van der Waals surface area contributed by atoms with Crippen molar-refractivity contribution in [3.63, 3.8) is 0 Å². The van der Waals surface area contributed by atoms with E-state index in [4.69, 9.17) is 4.74 Å². The molecule has 0 heterocycles. The fraction of sp³-hybridized carbons (Fsp3) is 0.222. The van der Waals surface area contributed by atoms with Crippen LogP contribution in [0.15, 0.2) is 53.4 Å². The first-order valence-corrected chi connectivity index (χ1v) is 8.43. The highest BCUT2D eigenvalue weighted by Gasteiger charge is 2.08. The van der Waals surface area contributed by atoms with Crippen LogP contribution in [0.3, 0.4) is 0 Å². The lowest BCUT2D eigenvalue weighted by Crippen LogP contribution is -2.42. The second-order valence-electron chi connectivity index (χ2n) is 5.23. The van der Waals surface area contributed by atoms with Gasteiger partial charge in [0.2, 0.25) is 5.91 Å². The smallest absolute Gasteiger partial charge is 0.269 e. The van der Waals surface area contributed by atoms with Crippen LogP contribution in [0.2, 0.25) is 0 Å². The van der Waals surface area contributed by atoms with Gasteiger partial charge in [-0.3, -0.25) is 20.4 Å². The van der Waals surface area contributed by atoms with Crippen LogP contribution in [0.1, 0.15) is 21.5 Å². The summed E-state index contributed by atoms with van der Waals surface area (Å²) in [5.41, 5.74) is 7.46. The zero-order valence-electron chi connectivity index (χ0n) is 13.7. The van der Waals surface area contributed by atoms with Crippen LogP contribution in [0, 0.1) is 6.92 Å². The number of carbonyl (C=O) groups is 2. The molecule has 0 saturated carbocycles. The Bertz CT molecular complexity index is 684. The van der Waals surface area contributed by atoms with Gasteiger partial charge >= 0.3 is 0 Å². The average Bonchev–Trinajstić information content (AvgIpc) is 2.60. The van der Waals surface area contributed by atoms with Gasteiger partial charge in [0.1, 0.15) is 0 Å². The molecule has 2 aromatic rings. The summed E-state index contributed by atoms with van der Waals surface area (Å²) in [5.74, 6) is -0.381. The van der Waals surface area contributed by atoms with Crippen LogP contribution < -0.4 is 10.9 Å². The van der Waals surface area contributed by atoms with E-state index in [-0.39, 0.29) is 17.6 Å². The number of ether oxygens (including phenoxy) is 1. The molecular weight excluding hydrogens is 324 g/mol. The largest absolute Gasteiger partial charge is 0.380 e. The van der Waals surface area contributed by atoms with Crippen molar-refractivity contribution in [1.82, 2.24) is 10.9 Å². The maximum atomic E-state index is 12.0. The molecule has 0 aliphatic carbocycles. The van der Waals surface area contributed by atoms with Crippen molar-refractivity contribution < 1.29 is 14.3 Å². The third kappa shape index (κ3) is 5.72. The number of amides is 2. The molecule has 0 fully saturated rings. The number of hydrogen-bond acceptors (Lipinski definition) is 4. The second kappa shape index (κ2) is 9.10. The SMILES string of the molecule is COCc1ccc(C(=O)NNC(=O)CSc2ccc(C)cc2)cc1. The first-order chi connectivity index (χ1) is 11.6. The first kappa shape index (κ1) is 18.0. The van der Waals surface area contributed by atoms with Gasteiger partial charge in [0, 0.05) is 17.6 Å². The van der Waals surface area contributed by atoms with Gasteiger partial charge in [-0.05, 0) is 36.8 Å². The van der Waals surface area contributed by atoms with E-state index in [2.05, 4.69) is 10.9 Å². The molecule has 0 radical (unpaired) electrons. The van der Waals surface area contributed by atoms with E-state index < -0.39 is 0 Å². The number of thioether (sulfide) groups is 1. The molecule has 2 aromatic carbocycles. The van der Waals surface area contributed by atoms with E-state index in [9.17, 15) is 9.59 Å². The van der Waals surface area contributed by atoms with Crippen molar-refractivity contribution in [2.75, 3.05) is 12.9 Å². The highest BCUT2D eigenvalue weighted by Crippen LogP contribution is 2.17. The van der Waals surface area contributed by atoms with Gasteiger partial charge in [-0.1, -0.05) is 29.8 Å². The Morgan fingerprint density at radius 3 is 2.29 bits per heavy atom. The van der Waals surface area contributed by atoms with Crippen molar-refractivity contribution in [3.05, 3.63) is 65.2 Å². The summed E-state index contributed by atoms with van der Waals surface area (Å²) in [4.78, 5) is 24.8. The third-order valence-electron chi connectivity index (χ3n) is 3.23. The monoisotopic (exact) mass is 344 g/mol. The quantitative estimate of drug-likeness (QED) is 0.624. The van der Waals surface area contributed by atoms with E-state index in [0.717, 1.165) is 10.5 Å². The summed E-state index contributed by atoms with van der Waals surface area (Å²) in [6, 6.07) is 14.9. The molecule has 0 saturated heterocycles. The van der Waals surface area contributed by atoms with Gasteiger partial charge in [-0.15, -0.1) is 11.8 Å². The second-order valence-corrected chi connectivity index (χ2v) is 6.28. The Hall–Kier alpha value is -2.31. The highest BCUT2D eigenvalue weighted by atomic mass is 32.2. The topological polar surface area (TPSA) is 67.4 Å². The molecular formula is C18H20N2O3S. The van der Waals surface area contributed by atoms with Crippen molar-refractivity contribution in [3.8, 4) is 0 Å². The maximum absolute atomic E-state index is 12.0. The molecule has 2 N–H and O–H groups in total. The molecule has 0 aliphatic heterocycles. The molecule has 0 unspecified atom stereocenters. The molecule has 2 rings (SSSR count). The first-order valence-electron chi connectivity index (χ1n) is 7.45. The van der Waals surface area contributed by atoms with Crippen LogP contribution >= 0.6 is 11.8 Å². The fourth-order valence-electron chi connectivity index (χ4n) is 1.94. The summed E-state index contributed by atoms with van der Waals surface area (Å²) >= 11 is 1.41. The zero-order chi connectivity index (χ0) is 17.4. The fourth-order valence-corrected chi connectivity index (χ4v) is 2.64. The molecule has 5 nitrogen and oxygen atoms in total. The Morgan fingerprint density at radius 1 is 1.00 bits per heavy atom. The van der Waals surface area contributed by atoms with Gasteiger partial charge in [0.05, 0.1) is 12.4 Å². The maximum Gasteiger partial charge on any atom is 0.269 e. The zero-order valence-corrected chi connectivity index (χ0v) is 14.5. The number of benzene rings is 2. The molecule has 0 spiro atoms. The van der Waals surface area contributed by atoms with Crippen molar-refractivity contribution in [2.45, 2.75) is 18.4 Å². The average molecular weight is 344 g/mol. The van der Waals surface area contributed by atoms with E-state index in [1.54, 1.807) is 19.2 Å². The molecule has 0 aliphatic rings. The third-order valence-corrected chi connectivity index (χ3v) is 4.25. The number of hydrazine groups is 1. The van der Waals surface area contributed by atoms with Crippen LogP contribution in [-0.2, 0) is 16.1 Å². The van der Waals surface area contributed by atoms with Crippen molar-refractivity contribution >= 4 is 23.6 Å². The Labute approximate surface area is 145 Å². The minimum absolute atomic E-state index is 0.232.